The summed E-state index contributed by atoms with van der Waals surface area (Å²) in [4.78, 5) is 26.0. The first kappa shape index (κ1) is 37.3. The molecule has 0 aliphatic carbocycles. The van der Waals surface area contributed by atoms with Gasteiger partial charge in [-0.1, -0.05) is 46.4 Å². The third kappa shape index (κ3) is 8.08. The maximum Gasteiger partial charge on any atom is 0.222 e. The van der Waals surface area contributed by atoms with Crippen molar-refractivity contribution in [1.29, 1.82) is 0 Å². The molecule has 9 aromatic heterocycles. The highest BCUT2D eigenvalue weighted by atomic mass is 127. The molecular formula is C38H26Cl4IN9O2. The van der Waals surface area contributed by atoms with Gasteiger partial charge in [0.2, 0.25) is 11.8 Å². The molecule has 0 bridgehead atoms. The van der Waals surface area contributed by atoms with Crippen molar-refractivity contribution in [1.82, 2.24) is 43.1 Å². The van der Waals surface area contributed by atoms with Gasteiger partial charge in [-0.15, -0.1) is 0 Å². The molecule has 0 aliphatic heterocycles. The Labute approximate surface area is 342 Å². The molecule has 0 aromatic carbocycles. The first-order valence-corrected chi connectivity index (χ1v) is 18.5. The summed E-state index contributed by atoms with van der Waals surface area (Å²) >= 11 is 26.1. The Morgan fingerprint density at radius 3 is 1.61 bits per heavy atom. The fraction of sp³-hybridized carbons (Fsp3) is 0.0526. The second-order valence-electron chi connectivity index (χ2n) is 11.3. The maximum atomic E-state index is 6.03. The van der Waals surface area contributed by atoms with Crippen molar-refractivity contribution in [2.24, 2.45) is 0 Å². The third-order valence-electron chi connectivity index (χ3n) is 7.87. The molecule has 270 valence electrons. The van der Waals surface area contributed by atoms with Crippen LogP contribution in [-0.2, 0) is 0 Å². The molecule has 0 amide bonds. The summed E-state index contributed by atoms with van der Waals surface area (Å²) < 4.78 is 17.3. The van der Waals surface area contributed by atoms with E-state index >= 15 is 0 Å². The zero-order chi connectivity index (χ0) is 37.8. The molecule has 54 heavy (non-hydrogen) atoms. The summed E-state index contributed by atoms with van der Waals surface area (Å²) in [6.07, 6.45) is 14.5. The van der Waals surface area contributed by atoms with Gasteiger partial charge >= 0.3 is 0 Å². The molecule has 0 fully saturated rings. The predicted octanol–water partition coefficient (Wildman–Crippen LogP) is 10.4. The zero-order valence-electron chi connectivity index (χ0n) is 28.3. The Hall–Kier alpha value is -4.99. The first-order valence-electron chi connectivity index (χ1n) is 15.9. The van der Waals surface area contributed by atoms with Gasteiger partial charge < -0.3 is 18.3 Å². The molecule has 0 unspecified atom stereocenters. The lowest BCUT2D eigenvalue weighted by molar-refractivity contribution is 0.399. The van der Waals surface area contributed by atoms with Crippen LogP contribution in [0, 0.1) is 3.70 Å². The number of hydrogen-bond donors (Lipinski definition) is 0. The Morgan fingerprint density at radius 2 is 1.04 bits per heavy atom. The van der Waals surface area contributed by atoms with E-state index in [2.05, 4.69) is 52.5 Å². The van der Waals surface area contributed by atoms with Crippen molar-refractivity contribution >= 4 is 85.9 Å². The van der Waals surface area contributed by atoms with Crippen LogP contribution in [-0.4, -0.2) is 57.3 Å². The summed E-state index contributed by atoms with van der Waals surface area (Å²) in [6, 6.07) is 22.2. The monoisotopic (exact) mass is 907 g/mol. The number of rotatable bonds is 5. The van der Waals surface area contributed by atoms with Gasteiger partial charge in [-0.3, -0.25) is 4.40 Å². The van der Waals surface area contributed by atoms with Crippen molar-refractivity contribution in [2.45, 2.75) is 0 Å². The standard InChI is InChI=1S/C13H9ClIN3O.C13H10ClN3O.C12H7Cl2N3/c1-19-13-9(3-2-5-16-13)11-12(15)18-6-4-8(14)7-10(18)17-11;1-18-13-10(3-2-5-15-13)11-8-17-6-4-9(14)7-12(17)16-11;13-8-3-5-17-7-10(16-11(17)6-8)9-2-1-4-15-12(9)14/h2-7H,1H3;2-8H,1H3;1-7H. The summed E-state index contributed by atoms with van der Waals surface area (Å²) in [5.41, 5.74) is 7.36. The third-order valence-corrected chi connectivity index (χ3v) is 9.91. The second-order valence-corrected chi connectivity index (χ2v) is 13.9. The van der Waals surface area contributed by atoms with Crippen molar-refractivity contribution in [3.63, 3.8) is 0 Å². The number of pyridine rings is 6. The van der Waals surface area contributed by atoms with Crippen molar-refractivity contribution in [3.05, 3.63) is 146 Å². The van der Waals surface area contributed by atoms with Crippen LogP contribution in [0.25, 0.3) is 50.7 Å². The molecule has 0 aliphatic rings. The summed E-state index contributed by atoms with van der Waals surface area (Å²) in [5.74, 6) is 1.13. The van der Waals surface area contributed by atoms with Gasteiger partial charge in [0.25, 0.3) is 0 Å². The molecule has 0 N–H and O–H groups in total. The molecule has 0 saturated carbocycles. The summed E-state index contributed by atoms with van der Waals surface area (Å²) in [5, 5.41) is 2.44. The normalized spacial score (nSPS) is 10.9. The van der Waals surface area contributed by atoms with E-state index in [0.29, 0.717) is 32.0 Å². The molecule has 0 spiro atoms. The van der Waals surface area contributed by atoms with E-state index in [-0.39, 0.29) is 0 Å². The predicted molar refractivity (Wildman–Crippen MR) is 221 cm³/mol. The SMILES string of the molecule is COc1ncccc1-c1cn2ccc(Cl)cc2n1.COc1ncccc1-c1nc2cc(Cl)ccn2c1I.Clc1ccn2cc(-c3cccnc3Cl)nc2c1. The maximum absolute atomic E-state index is 6.03. The van der Waals surface area contributed by atoms with E-state index in [1.807, 2.05) is 111 Å². The largest absolute Gasteiger partial charge is 0.481 e. The highest BCUT2D eigenvalue weighted by molar-refractivity contribution is 14.1. The number of fused-ring (bicyclic) bond motifs is 3. The van der Waals surface area contributed by atoms with Crippen LogP contribution in [0.1, 0.15) is 0 Å². The van der Waals surface area contributed by atoms with Gasteiger partial charge in [0, 0.05) is 88.4 Å². The summed E-state index contributed by atoms with van der Waals surface area (Å²) in [7, 11) is 3.20. The number of nitrogens with zero attached hydrogens (tertiary/aromatic N) is 9. The quantitative estimate of drug-likeness (QED) is 0.124. The number of methoxy groups -OCH3 is 2. The fourth-order valence-corrected chi connectivity index (χ4v) is 6.89. The lowest BCUT2D eigenvalue weighted by atomic mass is 10.2. The molecule has 9 aromatic rings. The minimum atomic E-state index is 0.446. The number of halogens is 5. The molecular weight excluding hydrogens is 883 g/mol. The van der Waals surface area contributed by atoms with E-state index in [9.17, 15) is 0 Å². The van der Waals surface area contributed by atoms with Crippen molar-refractivity contribution in [3.8, 4) is 45.5 Å². The number of imidazole rings is 3. The van der Waals surface area contributed by atoms with Gasteiger partial charge in [0.15, 0.2) is 0 Å². The topological polar surface area (TPSA) is 109 Å². The van der Waals surface area contributed by atoms with E-state index in [1.165, 1.54) is 0 Å². The van der Waals surface area contributed by atoms with E-state index in [0.717, 1.165) is 54.4 Å². The minimum Gasteiger partial charge on any atom is -0.481 e. The van der Waals surface area contributed by atoms with Crippen molar-refractivity contribution < 1.29 is 9.47 Å². The van der Waals surface area contributed by atoms with Gasteiger partial charge in [0.1, 0.15) is 31.5 Å². The lowest BCUT2D eigenvalue weighted by Crippen LogP contribution is -1.92. The molecule has 11 nitrogen and oxygen atoms in total. The van der Waals surface area contributed by atoms with Crippen LogP contribution in [0.15, 0.2) is 122 Å². The minimum absolute atomic E-state index is 0.446. The Morgan fingerprint density at radius 1 is 0.556 bits per heavy atom. The van der Waals surface area contributed by atoms with Crippen LogP contribution in [0.3, 0.4) is 0 Å². The highest BCUT2D eigenvalue weighted by Gasteiger charge is 2.16. The summed E-state index contributed by atoms with van der Waals surface area (Å²) in [6.45, 7) is 0. The smallest absolute Gasteiger partial charge is 0.222 e. The molecule has 0 saturated heterocycles. The van der Waals surface area contributed by atoms with Crippen LogP contribution in [0.2, 0.25) is 20.2 Å². The van der Waals surface area contributed by atoms with E-state index in [1.54, 1.807) is 38.9 Å². The Balaban J connectivity index is 0.000000125. The van der Waals surface area contributed by atoms with Gasteiger partial charge in [0.05, 0.1) is 36.7 Å². The van der Waals surface area contributed by atoms with Crippen LogP contribution >= 0.6 is 69.0 Å². The Bertz CT molecular complexity index is 2750. The van der Waals surface area contributed by atoms with Crippen molar-refractivity contribution in [2.75, 3.05) is 14.2 Å². The van der Waals surface area contributed by atoms with Crippen LogP contribution in [0.4, 0.5) is 0 Å². The number of hydrogen-bond acceptors (Lipinski definition) is 8. The first-order chi connectivity index (χ1) is 26.2. The highest BCUT2D eigenvalue weighted by Crippen LogP contribution is 2.32. The average Bonchev–Trinajstić information content (AvgIpc) is 3.90. The number of aromatic nitrogens is 9. The molecule has 9 rings (SSSR count). The number of ether oxygens (including phenoxy) is 2. The average molecular weight is 909 g/mol. The Kier molecular flexibility index (Phi) is 11.5. The zero-order valence-corrected chi connectivity index (χ0v) is 33.5. The van der Waals surface area contributed by atoms with Gasteiger partial charge in [-0.2, -0.15) is 0 Å². The second kappa shape index (κ2) is 16.6. The molecule has 0 atom stereocenters. The fourth-order valence-electron chi connectivity index (χ4n) is 5.39. The van der Waals surface area contributed by atoms with Gasteiger partial charge in [-0.25, -0.2) is 29.9 Å². The lowest BCUT2D eigenvalue weighted by Gasteiger charge is -2.04. The van der Waals surface area contributed by atoms with E-state index in [4.69, 9.17) is 55.9 Å². The molecule has 9 heterocycles. The molecule has 0 radical (unpaired) electrons. The van der Waals surface area contributed by atoms with Crippen LogP contribution < -0.4 is 9.47 Å². The van der Waals surface area contributed by atoms with Crippen LogP contribution in [0.5, 0.6) is 11.8 Å². The van der Waals surface area contributed by atoms with Gasteiger partial charge in [-0.05, 0) is 77.2 Å². The van der Waals surface area contributed by atoms with E-state index < -0.39 is 0 Å². The molecule has 16 heteroatoms.